The SMILES string of the molecule is COC(C(N)c1cccnc1)C(C)(C)C. The molecule has 3 heteroatoms. The van der Waals surface area contributed by atoms with Gasteiger partial charge in [-0.2, -0.15) is 0 Å². The van der Waals surface area contributed by atoms with Crippen molar-refractivity contribution in [2.45, 2.75) is 32.9 Å². The van der Waals surface area contributed by atoms with Crippen molar-refractivity contribution in [2.75, 3.05) is 7.11 Å². The maximum atomic E-state index is 6.17. The number of rotatable bonds is 3. The Bertz CT molecular complexity index is 292. The molecule has 0 aliphatic heterocycles. The Hall–Kier alpha value is -0.930. The molecule has 0 aliphatic carbocycles. The molecule has 1 rings (SSSR count). The summed E-state index contributed by atoms with van der Waals surface area (Å²) in [7, 11) is 1.70. The van der Waals surface area contributed by atoms with Crippen LogP contribution in [0, 0.1) is 5.41 Å². The van der Waals surface area contributed by atoms with E-state index >= 15 is 0 Å². The van der Waals surface area contributed by atoms with Crippen LogP contribution in [-0.2, 0) is 4.74 Å². The van der Waals surface area contributed by atoms with Crippen molar-refractivity contribution in [3.05, 3.63) is 30.1 Å². The van der Waals surface area contributed by atoms with Gasteiger partial charge in [0.1, 0.15) is 0 Å². The van der Waals surface area contributed by atoms with E-state index in [-0.39, 0.29) is 17.6 Å². The van der Waals surface area contributed by atoms with Crippen LogP contribution < -0.4 is 5.73 Å². The number of nitrogens with two attached hydrogens (primary N) is 1. The van der Waals surface area contributed by atoms with Gasteiger partial charge in [0.2, 0.25) is 0 Å². The van der Waals surface area contributed by atoms with E-state index in [1.807, 2.05) is 12.1 Å². The fraction of sp³-hybridized carbons (Fsp3) is 0.583. The molecule has 2 N–H and O–H groups in total. The Kier molecular flexibility index (Phi) is 3.83. The normalized spacial score (nSPS) is 16.1. The largest absolute Gasteiger partial charge is 0.379 e. The lowest BCUT2D eigenvalue weighted by molar-refractivity contribution is -0.00250. The molecule has 84 valence electrons. The van der Waals surface area contributed by atoms with E-state index in [2.05, 4.69) is 25.8 Å². The highest BCUT2D eigenvalue weighted by Gasteiger charge is 2.31. The van der Waals surface area contributed by atoms with Gasteiger partial charge in [-0.3, -0.25) is 4.98 Å². The summed E-state index contributed by atoms with van der Waals surface area (Å²) < 4.78 is 5.48. The average Bonchev–Trinajstić information content (AvgIpc) is 2.18. The van der Waals surface area contributed by atoms with Crippen LogP contribution >= 0.6 is 0 Å². The molecular formula is C12H20N2O. The predicted octanol–water partition coefficient (Wildman–Crippen LogP) is 2.14. The first kappa shape index (κ1) is 12.1. The van der Waals surface area contributed by atoms with Gasteiger partial charge < -0.3 is 10.5 Å². The van der Waals surface area contributed by atoms with Crippen LogP contribution in [0.2, 0.25) is 0 Å². The van der Waals surface area contributed by atoms with Gasteiger partial charge >= 0.3 is 0 Å². The Balaban J connectivity index is 2.88. The number of hydrogen-bond acceptors (Lipinski definition) is 3. The van der Waals surface area contributed by atoms with Gasteiger partial charge in [0, 0.05) is 19.5 Å². The zero-order valence-electron chi connectivity index (χ0n) is 9.90. The van der Waals surface area contributed by atoms with E-state index in [9.17, 15) is 0 Å². The van der Waals surface area contributed by atoms with Crippen LogP contribution in [0.3, 0.4) is 0 Å². The molecule has 0 saturated heterocycles. The number of hydrogen-bond donors (Lipinski definition) is 1. The Morgan fingerprint density at radius 1 is 1.40 bits per heavy atom. The molecule has 1 heterocycles. The second-order valence-corrected chi connectivity index (χ2v) is 4.83. The minimum absolute atomic E-state index is 0.0123. The highest BCUT2D eigenvalue weighted by Crippen LogP contribution is 2.30. The summed E-state index contributed by atoms with van der Waals surface area (Å²) in [5, 5.41) is 0. The molecule has 0 aromatic carbocycles. The molecule has 3 nitrogen and oxygen atoms in total. The first-order valence-corrected chi connectivity index (χ1v) is 5.15. The van der Waals surface area contributed by atoms with Crippen molar-refractivity contribution in [2.24, 2.45) is 11.1 Å². The van der Waals surface area contributed by atoms with E-state index in [1.54, 1.807) is 19.5 Å². The summed E-state index contributed by atoms with van der Waals surface area (Å²) in [5.41, 5.74) is 7.20. The van der Waals surface area contributed by atoms with Gasteiger partial charge in [-0.1, -0.05) is 26.8 Å². The minimum Gasteiger partial charge on any atom is -0.379 e. The summed E-state index contributed by atoms with van der Waals surface area (Å²) in [6.45, 7) is 6.37. The van der Waals surface area contributed by atoms with Crippen LogP contribution in [0.5, 0.6) is 0 Å². The predicted molar refractivity (Wildman–Crippen MR) is 61.4 cm³/mol. The average molecular weight is 208 g/mol. The number of ether oxygens (including phenoxy) is 1. The molecule has 1 aromatic rings. The van der Waals surface area contributed by atoms with Crippen molar-refractivity contribution in [3.8, 4) is 0 Å². The number of nitrogens with zero attached hydrogens (tertiary/aromatic N) is 1. The van der Waals surface area contributed by atoms with E-state index in [1.165, 1.54) is 0 Å². The summed E-state index contributed by atoms with van der Waals surface area (Å²) in [6.07, 6.45) is 3.53. The van der Waals surface area contributed by atoms with Gasteiger partial charge in [0.05, 0.1) is 12.1 Å². The third-order valence-electron chi connectivity index (χ3n) is 2.50. The lowest BCUT2D eigenvalue weighted by atomic mass is 9.83. The summed E-state index contributed by atoms with van der Waals surface area (Å²) in [4.78, 5) is 4.07. The standard InChI is InChI=1S/C12H20N2O/c1-12(2,3)11(15-4)10(13)9-6-5-7-14-8-9/h5-8,10-11H,13H2,1-4H3. The highest BCUT2D eigenvalue weighted by atomic mass is 16.5. The van der Waals surface area contributed by atoms with Gasteiger partial charge in [-0.15, -0.1) is 0 Å². The molecule has 0 bridgehead atoms. The lowest BCUT2D eigenvalue weighted by Crippen LogP contribution is -2.38. The van der Waals surface area contributed by atoms with Gasteiger partial charge in [-0.25, -0.2) is 0 Å². The molecule has 0 spiro atoms. The van der Waals surface area contributed by atoms with Gasteiger partial charge in [0.15, 0.2) is 0 Å². The van der Waals surface area contributed by atoms with Crippen molar-refractivity contribution >= 4 is 0 Å². The minimum atomic E-state index is -0.135. The molecule has 0 amide bonds. The topological polar surface area (TPSA) is 48.1 Å². The van der Waals surface area contributed by atoms with Gasteiger partial charge in [-0.05, 0) is 17.0 Å². The first-order valence-electron chi connectivity index (χ1n) is 5.15. The second-order valence-electron chi connectivity index (χ2n) is 4.83. The van der Waals surface area contributed by atoms with Crippen molar-refractivity contribution in [1.82, 2.24) is 4.98 Å². The lowest BCUT2D eigenvalue weighted by Gasteiger charge is -2.34. The van der Waals surface area contributed by atoms with E-state index in [0.717, 1.165) is 5.56 Å². The fourth-order valence-corrected chi connectivity index (χ4v) is 1.79. The fourth-order valence-electron chi connectivity index (χ4n) is 1.79. The zero-order chi connectivity index (χ0) is 11.5. The molecule has 1 aromatic heterocycles. The van der Waals surface area contributed by atoms with E-state index in [4.69, 9.17) is 10.5 Å². The maximum Gasteiger partial charge on any atom is 0.0812 e. The Morgan fingerprint density at radius 3 is 2.47 bits per heavy atom. The molecule has 0 fully saturated rings. The third-order valence-corrected chi connectivity index (χ3v) is 2.50. The van der Waals surface area contributed by atoms with Crippen LogP contribution in [0.1, 0.15) is 32.4 Å². The molecule has 2 atom stereocenters. The smallest absolute Gasteiger partial charge is 0.0812 e. The third kappa shape index (κ3) is 3.01. The molecule has 0 radical (unpaired) electrons. The molecule has 0 aliphatic rings. The Labute approximate surface area is 91.7 Å². The highest BCUT2D eigenvalue weighted by molar-refractivity contribution is 5.15. The first-order chi connectivity index (χ1) is 6.96. The van der Waals surface area contributed by atoms with Crippen molar-refractivity contribution in [1.29, 1.82) is 0 Å². The van der Waals surface area contributed by atoms with Crippen molar-refractivity contribution in [3.63, 3.8) is 0 Å². The number of pyridine rings is 1. The second kappa shape index (κ2) is 4.73. The zero-order valence-corrected chi connectivity index (χ0v) is 9.90. The van der Waals surface area contributed by atoms with E-state index in [0.29, 0.717) is 0 Å². The molecule has 2 unspecified atom stereocenters. The van der Waals surface area contributed by atoms with Crippen molar-refractivity contribution < 1.29 is 4.74 Å². The summed E-state index contributed by atoms with van der Waals surface area (Å²) in [5.74, 6) is 0. The van der Waals surface area contributed by atoms with Crippen LogP contribution in [-0.4, -0.2) is 18.2 Å². The molecule has 15 heavy (non-hydrogen) atoms. The van der Waals surface area contributed by atoms with Gasteiger partial charge in [0.25, 0.3) is 0 Å². The quantitative estimate of drug-likeness (QED) is 0.828. The number of methoxy groups -OCH3 is 1. The summed E-state index contributed by atoms with van der Waals surface area (Å²) >= 11 is 0. The molecular weight excluding hydrogens is 188 g/mol. The van der Waals surface area contributed by atoms with Crippen LogP contribution in [0.15, 0.2) is 24.5 Å². The summed E-state index contributed by atoms with van der Waals surface area (Å²) in [6, 6.07) is 3.74. The monoisotopic (exact) mass is 208 g/mol. The van der Waals surface area contributed by atoms with Crippen LogP contribution in [0.4, 0.5) is 0 Å². The molecule has 0 saturated carbocycles. The maximum absolute atomic E-state index is 6.17. The van der Waals surface area contributed by atoms with Crippen LogP contribution in [0.25, 0.3) is 0 Å². The Morgan fingerprint density at radius 2 is 2.07 bits per heavy atom. The van der Waals surface area contributed by atoms with E-state index < -0.39 is 0 Å². The number of aromatic nitrogens is 1.